The molecule has 3 heteroatoms. The number of carboxylic acid groups (broad SMARTS) is 1. The molecule has 0 saturated heterocycles. The van der Waals surface area contributed by atoms with Crippen molar-refractivity contribution in [3.05, 3.63) is 35.4 Å². The SMILES string of the molecule is O=C(O)C=Cc1cccc2c1CCCCO2. The van der Waals surface area contributed by atoms with Crippen LogP contribution in [0, 0.1) is 0 Å². The van der Waals surface area contributed by atoms with Gasteiger partial charge >= 0.3 is 5.97 Å². The molecule has 0 bridgehead atoms. The molecule has 0 unspecified atom stereocenters. The molecule has 16 heavy (non-hydrogen) atoms. The fraction of sp³-hybridized carbons (Fsp3) is 0.308. The van der Waals surface area contributed by atoms with Gasteiger partial charge in [-0.3, -0.25) is 0 Å². The Bertz CT molecular complexity index is 421. The van der Waals surface area contributed by atoms with Crippen molar-refractivity contribution in [2.75, 3.05) is 6.61 Å². The minimum Gasteiger partial charge on any atom is -0.493 e. The number of rotatable bonds is 2. The van der Waals surface area contributed by atoms with Crippen LogP contribution in [0.4, 0.5) is 0 Å². The number of hydrogen-bond acceptors (Lipinski definition) is 2. The molecule has 1 heterocycles. The Hall–Kier alpha value is -1.77. The maximum Gasteiger partial charge on any atom is 0.328 e. The van der Waals surface area contributed by atoms with Crippen LogP contribution in [0.15, 0.2) is 24.3 Å². The summed E-state index contributed by atoms with van der Waals surface area (Å²) in [5.41, 5.74) is 2.07. The van der Waals surface area contributed by atoms with Crippen LogP contribution in [0.2, 0.25) is 0 Å². The Balaban J connectivity index is 2.34. The number of hydrogen-bond donors (Lipinski definition) is 1. The van der Waals surface area contributed by atoms with E-state index >= 15 is 0 Å². The van der Waals surface area contributed by atoms with Crippen LogP contribution in [-0.4, -0.2) is 17.7 Å². The highest BCUT2D eigenvalue weighted by Crippen LogP contribution is 2.27. The standard InChI is InChI=1S/C13H14O3/c14-13(15)8-7-10-4-3-6-12-11(10)5-1-2-9-16-12/h3-4,6-8H,1-2,5,9H2,(H,14,15). The van der Waals surface area contributed by atoms with E-state index in [1.165, 1.54) is 6.08 Å². The van der Waals surface area contributed by atoms with Crippen molar-refractivity contribution in [2.24, 2.45) is 0 Å². The topological polar surface area (TPSA) is 46.5 Å². The second-order valence-electron chi connectivity index (χ2n) is 3.80. The van der Waals surface area contributed by atoms with E-state index in [4.69, 9.17) is 9.84 Å². The number of fused-ring (bicyclic) bond motifs is 1. The number of carbonyl (C=O) groups is 1. The van der Waals surface area contributed by atoms with Gasteiger partial charge in [-0.15, -0.1) is 0 Å². The number of aliphatic carboxylic acids is 1. The molecule has 2 rings (SSSR count). The lowest BCUT2D eigenvalue weighted by atomic mass is 10.0. The van der Waals surface area contributed by atoms with E-state index in [-0.39, 0.29) is 0 Å². The molecule has 1 aliphatic rings. The molecule has 1 N–H and O–H groups in total. The zero-order chi connectivity index (χ0) is 11.4. The summed E-state index contributed by atoms with van der Waals surface area (Å²) in [4.78, 5) is 10.5. The summed E-state index contributed by atoms with van der Waals surface area (Å²) in [7, 11) is 0. The Kier molecular flexibility index (Phi) is 3.25. The van der Waals surface area contributed by atoms with Crippen LogP contribution in [0.3, 0.4) is 0 Å². The van der Waals surface area contributed by atoms with Gasteiger partial charge in [0.05, 0.1) is 6.61 Å². The molecule has 0 aromatic heterocycles. The highest BCUT2D eigenvalue weighted by atomic mass is 16.5. The molecule has 3 nitrogen and oxygen atoms in total. The summed E-state index contributed by atoms with van der Waals surface area (Å²) >= 11 is 0. The largest absolute Gasteiger partial charge is 0.493 e. The quantitative estimate of drug-likeness (QED) is 0.776. The minimum atomic E-state index is -0.924. The average Bonchev–Trinajstić information content (AvgIpc) is 2.51. The normalized spacial score (nSPS) is 15.2. The molecule has 0 saturated carbocycles. The van der Waals surface area contributed by atoms with E-state index in [9.17, 15) is 4.79 Å². The van der Waals surface area contributed by atoms with Gasteiger partial charge in [-0.05, 0) is 37.0 Å². The van der Waals surface area contributed by atoms with Crippen molar-refractivity contribution < 1.29 is 14.6 Å². The second kappa shape index (κ2) is 4.84. The molecule has 0 aliphatic carbocycles. The lowest BCUT2D eigenvalue weighted by Crippen LogP contribution is -1.95. The summed E-state index contributed by atoms with van der Waals surface area (Å²) in [6.45, 7) is 0.749. The Morgan fingerprint density at radius 1 is 1.38 bits per heavy atom. The maximum atomic E-state index is 10.5. The van der Waals surface area contributed by atoms with Gasteiger partial charge in [-0.25, -0.2) is 4.79 Å². The van der Waals surface area contributed by atoms with Crippen LogP contribution in [-0.2, 0) is 11.2 Å². The van der Waals surface area contributed by atoms with E-state index in [1.807, 2.05) is 18.2 Å². The molecule has 84 valence electrons. The third kappa shape index (κ3) is 2.42. The van der Waals surface area contributed by atoms with Gasteiger partial charge in [0.15, 0.2) is 0 Å². The molecule has 0 fully saturated rings. The maximum absolute atomic E-state index is 10.5. The summed E-state index contributed by atoms with van der Waals surface area (Å²) in [5, 5.41) is 8.62. The van der Waals surface area contributed by atoms with Crippen molar-refractivity contribution in [1.29, 1.82) is 0 Å². The number of carboxylic acids is 1. The molecule has 0 amide bonds. The average molecular weight is 218 g/mol. The predicted octanol–water partition coefficient (Wildman–Crippen LogP) is 2.50. The van der Waals surface area contributed by atoms with E-state index < -0.39 is 5.97 Å². The van der Waals surface area contributed by atoms with Gasteiger partial charge in [0.1, 0.15) is 5.75 Å². The molecule has 1 aromatic carbocycles. The van der Waals surface area contributed by atoms with Gasteiger partial charge in [0.25, 0.3) is 0 Å². The first-order valence-electron chi connectivity index (χ1n) is 5.43. The summed E-state index contributed by atoms with van der Waals surface area (Å²) in [5.74, 6) is -0.0304. The first kappa shape index (κ1) is 10.7. The third-order valence-electron chi connectivity index (χ3n) is 2.65. The Labute approximate surface area is 94.4 Å². The second-order valence-corrected chi connectivity index (χ2v) is 3.80. The third-order valence-corrected chi connectivity index (χ3v) is 2.65. The van der Waals surface area contributed by atoms with Crippen molar-refractivity contribution in [2.45, 2.75) is 19.3 Å². The van der Waals surface area contributed by atoms with Crippen molar-refractivity contribution in [3.63, 3.8) is 0 Å². The first-order chi connectivity index (χ1) is 7.77. The summed E-state index contributed by atoms with van der Waals surface area (Å²) in [6, 6.07) is 5.76. The Morgan fingerprint density at radius 2 is 2.25 bits per heavy atom. The molecule has 1 aromatic rings. The van der Waals surface area contributed by atoms with E-state index in [1.54, 1.807) is 6.08 Å². The van der Waals surface area contributed by atoms with E-state index in [2.05, 4.69) is 0 Å². The molecule has 0 radical (unpaired) electrons. The fourth-order valence-electron chi connectivity index (χ4n) is 1.89. The minimum absolute atomic E-state index is 0.749. The lowest BCUT2D eigenvalue weighted by molar-refractivity contribution is -0.131. The van der Waals surface area contributed by atoms with E-state index in [0.29, 0.717) is 0 Å². The lowest BCUT2D eigenvalue weighted by Gasteiger charge is -2.09. The highest BCUT2D eigenvalue weighted by molar-refractivity contribution is 5.85. The fourth-order valence-corrected chi connectivity index (χ4v) is 1.89. The van der Waals surface area contributed by atoms with Crippen molar-refractivity contribution >= 4 is 12.0 Å². The van der Waals surface area contributed by atoms with Gasteiger partial charge in [0.2, 0.25) is 0 Å². The molecule has 1 aliphatic heterocycles. The van der Waals surface area contributed by atoms with Crippen molar-refractivity contribution in [1.82, 2.24) is 0 Å². The Morgan fingerprint density at radius 3 is 3.06 bits per heavy atom. The molecule has 0 spiro atoms. The van der Waals surface area contributed by atoms with Gasteiger partial charge in [-0.2, -0.15) is 0 Å². The first-order valence-corrected chi connectivity index (χ1v) is 5.43. The van der Waals surface area contributed by atoms with Gasteiger partial charge < -0.3 is 9.84 Å². The zero-order valence-corrected chi connectivity index (χ0v) is 8.98. The predicted molar refractivity (Wildman–Crippen MR) is 61.5 cm³/mol. The summed E-state index contributed by atoms with van der Waals surface area (Å²) in [6.07, 6.45) is 5.90. The zero-order valence-electron chi connectivity index (χ0n) is 8.98. The molecule has 0 atom stereocenters. The molecular formula is C13H14O3. The van der Waals surface area contributed by atoms with Gasteiger partial charge in [0, 0.05) is 11.6 Å². The highest BCUT2D eigenvalue weighted by Gasteiger charge is 2.11. The molecular weight excluding hydrogens is 204 g/mol. The van der Waals surface area contributed by atoms with Crippen LogP contribution in [0.5, 0.6) is 5.75 Å². The smallest absolute Gasteiger partial charge is 0.328 e. The van der Waals surface area contributed by atoms with Crippen LogP contribution in [0.25, 0.3) is 6.08 Å². The van der Waals surface area contributed by atoms with E-state index in [0.717, 1.165) is 42.7 Å². The number of ether oxygens (including phenoxy) is 1. The monoisotopic (exact) mass is 218 g/mol. The van der Waals surface area contributed by atoms with Crippen LogP contribution < -0.4 is 4.74 Å². The number of benzene rings is 1. The van der Waals surface area contributed by atoms with Crippen LogP contribution in [0.1, 0.15) is 24.0 Å². The summed E-state index contributed by atoms with van der Waals surface area (Å²) < 4.78 is 5.61. The van der Waals surface area contributed by atoms with Gasteiger partial charge in [-0.1, -0.05) is 12.1 Å². The van der Waals surface area contributed by atoms with Crippen molar-refractivity contribution in [3.8, 4) is 5.75 Å². The van der Waals surface area contributed by atoms with Crippen LogP contribution >= 0.6 is 0 Å².